The van der Waals surface area contributed by atoms with Gasteiger partial charge in [0.05, 0.1) is 18.8 Å². The van der Waals surface area contributed by atoms with Crippen molar-refractivity contribution in [2.75, 3.05) is 13.7 Å². The van der Waals surface area contributed by atoms with Gasteiger partial charge in [-0.1, -0.05) is 38.1 Å². The van der Waals surface area contributed by atoms with Crippen LogP contribution in [-0.4, -0.2) is 30.8 Å². The standard InChI is InChI=1S/C19H25F3N4OS.HI/c1-13(2)16-11-28-17(26-16)9-25-18(23-3)24-8-14-5-4-6-15(7-14)10-27-12-19(20,21)22;/h4-7,11,13H,8-10,12H2,1-3H3,(H2,23,24,25);1H. The van der Waals surface area contributed by atoms with Crippen molar-refractivity contribution in [1.29, 1.82) is 0 Å². The Bertz CT molecular complexity index is 781. The Kier molecular flexibility index (Phi) is 10.9. The molecule has 1 heterocycles. The molecule has 0 atom stereocenters. The number of aliphatic imine (C=N–C) groups is 1. The molecule has 0 aliphatic heterocycles. The second-order valence-electron chi connectivity index (χ2n) is 6.53. The van der Waals surface area contributed by atoms with Gasteiger partial charge in [0.15, 0.2) is 5.96 Å². The van der Waals surface area contributed by atoms with Crippen molar-refractivity contribution in [2.24, 2.45) is 4.99 Å². The van der Waals surface area contributed by atoms with E-state index >= 15 is 0 Å². The Morgan fingerprint density at radius 3 is 2.52 bits per heavy atom. The molecule has 1 aromatic carbocycles. The monoisotopic (exact) mass is 542 g/mol. The van der Waals surface area contributed by atoms with Gasteiger partial charge in [-0.3, -0.25) is 4.99 Å². The van der Waals surface area contributed by atoms with Gasteiger partial charge in [-0.05, 0) is 17.0 Å². The molecule has 0 radical (unpaired) electrons. The molecule has 0 aliphatic rings. The average molecular weight is 542 g/mol. The molecule has 10 heteroatoms. The molecule has 0 fully saturated rings. The van der Waals surface area contributed by atoms with Crippen LogP contribution in [0.2, 0.25) is 0 Å². The summed E-state index contributed by atoms with van der Waals surface area (Å²) >= 11 is 1.61. The first-order valence-electron chi connectivity index (χ1n) is 8.88. The number of nitrogens with zero attached hydrogens (tertiary/aromatic N) is 2. The first-order chi connectivity index (χ1) is 13.3. The Balaban J connectivity index is 0.00000420. The van der Waals surface area contributed by atoms with Gasteiger partial charge < -0.3 is 15.4 Å². The molecule has 0 spiro atoms. The summed E-state index contributed by atoms with van der Waals surface area (Å²) in [6, 6.07) is 7.24. The number of benzene rings is 1. The summed E-state index contributed by atoms with van der Waals surface area (Å²) in [5, 5.41) is 9.44. The van der Waals surface area contributed by atoms with E-state index in [4.69, 9.17) is 4.74 Å². The van der Waals surface area contributed by atoms with Gasteiger partial charge in [-0.2, -0.15) is 13.2 Å². The average Bonchev–Trinajstić information content (AvgIpc) is 3.10. The lowest BCUT2D eigenvalue weighted by atomic mass is 10.1. The van der Waals surface area contributed by atoms with Crippen LogP contribution in [-0.2, 0) is 24.4 Å². The number of hydrogen-bond acceptors (Lipinski definition) is 4. The third-order valence-electron chi connectivity index (χ3n) is 3.78. The summed E-state index contributed by atoms with van der Waals surface area (Å²) in [6.45, 7) is 3.94. The highest BCUT2D eigenvalue weighted by Crippen LogP contribution is 2.18. The number of aromatic nitrogens is 1. The third kappa shape index (κ3) is 9.77. The van der Waals surface area contributed by atoms with E-state index in [1.165, 1.54) is 0 Å². The first kappa shape index (κ1) is 25.6. The van der Waals surface area contributed by atoms with Crippen molar-refractivity contribution in [1.82, 2.24) is 15.6 Å². The van der Waals surface area contributed by atoms with Crippen molar-refractivity contribution < 1.29 is 17.9 Å². The topological polar surface area (TPSA) is 58.5 Å². The van der Waals surface area contributed by atoms with Crippen molar-refractivity contribution in [3.8, 4) is 0 Å². The number of rotatable bonds is 8. The van der Waals surface area contributed by atoms with Crippen LogP contribution >= 0.6 is 35.3 Å². The first-order valence-corrected chi connectivity index (χ1v) is 9.76. The van der Waals surface area contributed by atoms with Crippen molar-refractivity contribution in [3.63, 3.8) is 0 Å². The Morgan fingerprint density at radius 1 is 1.21 bits per heavy atom. The maximum Gasteiger partial charge on any atom is 0.411 e. The quantitative estimate of drug-likeness (QED) is 0.285. The molecular formula is C19H26F3IN4OS. The molecule has 2 aromatic rings. The van der Waals surface area contributed by atoms with Crippen molar-refractivity contribution >= 4 is 41.3 Å². The highest BCUT2D eigenvalue weighted by atomic mass is 127. The van der Waals surface area contributed by atoms with Crippen molar-refractivity contribution in [2.45, 2.75) is 45.6 Å². The summed E-state index contributed by atoms with van der Waals surface area (Å²) in [5.41, 5.74) is 2.69. The highest BCUT2D eigenvalue weighted by molar-refractivity contribution is 14.0. The van der Waals surface area contributed by atoms with Crippen LogP contribution in [0, 0.1) is 0 Å². The Hall–Kier alpha value is -1.40. The molecule has 0 amide bonds. The highest BCUT2D eigenvalue weighted by Gasteiger charge is 2.27. The number of hydrogen-bond donors (Lipinski definition) is 2. The van der Waals surface area contributed by atoms with E-state index in [0.29, 0.717) is 30.5 Å². The second-order valence-corrected chi connectivity index (χ2v) is 7.47. The van der Waals surface area contributed by atoms with Gasteiger partial charge in [0.2, 0.25) is 0 Å². The fourth-order valence-corrected chi connectivity index (χ4v) is 3.25. The molecule has 2 rings (SSSR count). The van der Waals surface area contributed by atoms with Crippen LogP contribution < -0.4 is 10.6 Å². The maximum absolute atomic E-state index is 12.2. The van der Waals surface area contributed by atoms with E-state index < -0.39 is 12.8 Å². The molecule has 0 bridgehead atoms. The van der Waals surface area contributed by atoms with Gasteiger partial charge in [-0.25, -0.2) is 4.98 Å². The van der Waals surface area contributed by atoms with Gasteiger partial charge in [0, 0.05) is 19.0 Å². The maximum atomic E-state index is 12.2. The van der Waals surface area contributed by atoms with Crippen LogP contribution in [0.5, 0.6) is 0 Å². The zero-order valence-corrected chi connectivity index (χ0v) is 19.7. The summed E-state index contributed by atoms with van der Waals surface area (Å²) < 4.78 is 41.2. The van der Waals surface area contributed by atoms with E-state index in [-0.39, 0.29) is 30.6 Å². The van der Waals surface area contributed by atoms with Gasteiger partial charge in [0.1, 0.15) is 11.6 Å². The predicted octanol–water partition coefficient (Wildman–Crippen LogP) is 4.83. The second kappa shape index (κ2) is 12.3. The van der Waals surface area contributed by atoms with Crippen molar-refractivity contribution in [3.05, 3.63) is 51.5 Å². The lowest BCUT2D eigenvalue weighted by Gasteiger charge is -2.12. The fraction of sp³-hybridized carbons (Fsp3) is 0.474. The molecule has 0 aliphatic carbocycles. The SMILES string of the molecule is CN=C(NCc1cccc(COCC(F)(F)F)c1)NCc1nc(C(C)C)cs1.I. The Labute approximate surface area is 190 Å². The lowest BCUT2D eigenvalue weighted by molar-refractivity contribution is -0.176. The number of guanidine groups is 1. The molecule has 0 saturated carbocycles. The van der Waals surface area contributed by atoms with E-state index in [2.05, 4.69) is 39.8 Å². The minimum absolute atomic E-state index is 0. The normalized spacial score (nSPS) is 12.0. The summed E-state index contributed by atoms with van der Waals surface area (Å²) in [7, 11) is 1.68. The molecule has 0 saturated heterocycles. The molecule has 0 unspecified atom stereocenters. The van der Waals surface area contributed by atoms with Crippen LogP contribution in [0.1, 0.15) is 41.6 Å². The summed E-state index contributed by atoms with van der Waals surface area (Å²) in [4.78, 5) is 8.75. The third-order valence-corrected chi connectivity index (χ3v) is 4.64. The molecule has 1 aromatic heterocycles. The van der Waals surface area contributed by atoms with E-state index in [1.54, 1.807) is 30.5 Å². The molecule has 2 N–H and O–H groups in total. The number of thiazole rings is 1. The molecular weight excluding hydrogens is 516 g/mol. The minimum atomic E-state index is -4.31. The number of nitrogens with one attached hydrogen (secondary N) is 2. The molecule has 162 valence electrons. The number of halogens is 4. The van der Waals surface area contributed by atoms with Gasteiger partial charge in [0.25, 0.3) is 0 Å². The minimum Gasteiger partial charge on any atom is -0.367 e. The van der Waals surface area contributed by atoms with Gasteiger partial charge >= 0.3 is 6.18 Å². The van der Waals surface area contributed by atoms with Crippen LogP contribution in [0.3, 0.4) is 0 Å². The summed E-state index contributed by atoms with van der Waals surface area (Å²) in [5.74, 6) is 1.02. The largest absolute Gasteiger partial charge is 0.411 e. The van der Waals surface area contributed by atoms with Crippen LogP contribution in [0.4, 0.5) is 13.2 Å². The fourth-order valence-electron chi connectivity index (χ4n) is 2.35. The summed E-state index contributed by atoms with van der Waals surface area (Å²) in [6.07, 6.45) is -4.31. The molecule has 5 nitrogen and oxygen atoms in total. The zero-order valence-electron chi connectivity index (χ0n) is 16.5. The Morgan fingerprint density at radius 2 is 1.90 bits per heavy atom. The predicted molar refractivity (Wildman–Crippen MR) is 121 cm³/mol. The smallest absolute Gasteiger partial charge is 0.367 e. The molecule has 29 heavy (non-hydrogen) atoms. The van der Waals surface area contributed by atoms with Crippen LogP contribution in [0.25, 0.3) is 0 Å². The van der Waals surface area contributed by atoms with Gasteiger partial charge in [-0.15, -0.1) is 35.3 Å². The zero-order chi connectivity index (χ0) is 20.6. The van der Waals surface area contributed by atoms with E-state index in [0.717, 1.165) is 16.3 Å². The number of ether oxygens (including phenoxy) is 1. The number of alkyl halides is 3. The van der Waals surface area contributed by atoms with Crippen LogP contribution in [0.15, 0.2) is 34.6 Å². The van der Waals surface area contributed by atoms with E-state index in [1.807, 2.05) is 12.1 Å². The lowest BCUT2D eigenvalue weighted by Crippen LogP contribution is -2.36. The van der Waals surface area contributed by atoms with E-state index in [9.17, 15) is 13.2 Å².